The van der Waals surface area contributed by atoms with E-state index in [-0.39, 0.29) is 0 Å². The number of nitrogens with zero attached hydrogens (tertiary/aromatic N) is 1. The summed E-state index contributed by atoms with van der Waals surface area (Å²) >= 11 is 0. The Morgan fingerprint density at radius 1 is 1.05 bits per heavy atom. The van der Waals surface area contributed by atoms with E-state index in [4.69, 9.17) is 14.2 Å². The molecule has 0 aromatic rings. The lowest BCUT2D eigenvalue weighted by molar-refractivity contribution is 0.0503. The van der Waals surface area contributed by atoms with Gasteiger partial charge in [0.2, 0.25) is 0 Å². The highest BCUT2D eigenvalue weighted by Crippen LogP contribution is 2.11. The van der Waals surface area contributed by atoms with E-state index in [9.17, 15) is 5.26 Å². The Balaban J connectivity index is 3.40. The quantitative estimate of drug-likeness (QED) is 0.496. The lowest BCUT2D eigenvalue weighted by Crippen LogP contribution is -2.41. The van der Waals surface area contributed by atoms with Gasteiger partial charge in [-0.05, 0) is 39.2 Å². The van der Waals surface area contributed by atoms with Crippen LogP contribution in [0.3, 0.4) is 0 Å². The van der Waals surface area contributed by atoms with Crippen LogP contribution in [0.1, 0.15) is 39.5 Å². The summed E-state index contributed by atoms with van der Waals surface area (Å²) in [4.78, 5) is 0. The number of rotatable bonds is 14. The van der Waals surface area contributed by atoms with Crippen LogP contribution < -0.4 is 5.32 Å². The van der Waals surface area contributed by atoms with Crippen LogP contribution in [0.15, 0.2) is 0 Å². The molecule has 0 radical (unpaired) electrons. The molecule has 0 aliphatic carbocycles. The van der Waals surface area contributed by atoms with Crippen LogP contribution in [0.25, 0.3) is 0 Å². The van der Waals surface area contributed by atoms with E-state index in [1.165, 1.54) is 0 Å². The Kier molecular flexibility index (Phi) is 12.9. The average Bonchev–Trinajstić information content (AvgIpc) is 2.47. The van der Waals surface area contributed by atoms with Gasteiger partial charge in [0.25, 0.3) is 0 Å². The zero-order valence-corrected chi connectivity index (χ0v) is 13.2. The second-order valence-corrected chi connectivity index (χ2v) is 5.05. The Morgan fingerprint density at radius 2 is 1.70 bits per heavy atom. The molecule has 0 spiro atoms. The number of nitrogens with one attached hydrogen (secondary N) is 1. The molecule has 0 aromatic carbocycles. The molecule has 0 aromatic heterocycles. The van der Waals surface area contributed by atoms with Crippen molar-refractivity contribution in [1.82, 2.24) is 5.32 Å². The van der Waals surface area contributed by atoms with E-state index in [0.29, 0.717) is 33.0 Å². The minimum absolute atomic E-state index is 0.428. The SMILES string of the molecule is CCCNC(C)(C#N)CCCOCCCOCCOC. The molecule has 1 atom stereocenters. The number of nitriles is 1. The van der Waals surface area contributed by atoms with Crippen LogP contribution in [0.4, 0.5) is 0 Å². The van der Waals surface area contributed by atoms with Gasteiger partial charge in [-0.3, -0.25) is 5.32 Å². The van der Waals surface area contributed by atoms with Crippen molar-refractivity contribution in [2.75, 3.05) is 46.7 Å². The third kappa shape index (κ3) is 11.2. The molecule has 0 fully saturated rings. The van der Waals surface area contributed by atoms with Gasteiger partial charge in [0, 0.05) is 26.9 Å². The van der Waals surface area contributed by atoms with Crippen molar-refractivity contribution in [1.29, 1.82) is 5.26 Å². The van der Waals surface area contributed by atoms with Gasteiger partial charge in [-0.2, -0.15) is 5.26 Å². The second-order valence-electron chi connectivity index (χ2n) is 5.05. The standard InChI is InChI=1S/C15H30N2O3/c1-4-8-17-15(2,14-16)7-5-9-19-10-6-11-20-13-12-18-3/h17H,4-13H2,1-3H3. The lowest BCUT2D eigenvalue weighted by atomic mass is 9.98. The Morgan fingerprint density at radius 3 is 2.30 bits per heavy atom. The van der Waals surface area contributed by atoms with Crippen molar-refractivity contribution in [2.24, 2.45) is 0 Å². The summed E-state index contributed by atoms with van der Waals surface area (Å²) in [5.74, 6) is 0. The molecule has 0 heterocycles. The largest absolute Gasteiger partial charge is 0.382 e. The molecule has 118 valence electrons. The smallest absolute Gasteiger partial charge is 0.104 e. The van der Waals surface area contributed by atoms with Crippen molar-refractivity contribution in [2.45, 2.75) is 45.1 Å². The first-order valence-corrected chi connectivity index (χ1v) is 7.49. The predicted octanol–water partition coefficient (Wildman–Crippen LogP) is 2.12. The van der Waals surface area contributed by atoms with E-state index < -0.39 is 5.54 Å². The molecule has 0 aliphatic heterocycles. The summed E-state index contributed by atoms with van der Waals surface area (Å²) in [5.41, 5.74) is -0.428. The van der Waals surface area contributed by atoms with Crippen LogP contribution in [0.5, 0.6) is 0 Å². The Bertz CT molecular complexity index is 256. The molecule has 0 bridgehead atoms. The molecular formula is C15H30N2O3. The fraction of sp³-hybridized carbons (Fsp3) is 0.933. The molecule has 1 N–H and O–H groups in total. The third-order valence-electron chi connectivity index (χ3n) is 2.99. The molecular weight excluding hydrogens is 256 g/mol. The third-order valence-corrected chi connectivity index (χ3v) is 2.99. The Labute approximate surface area is 123 Å². The molecule has 0 rings (SSSR count). The summed E-state index contributed by atoms with van der Waals surface area (Å²) in [5, 5.41) is 12.5. The first-order valence-electron chi connectivity index (χ1n) is 7.49. The van der Waals surface area contributed by atoms with Gasteiger partial charge in [-0.25, -0.2) is 0 Å². The maximum absolute atomic E-state index is 9.18. The van der Waals surface area contributed by atoms with Gasteiger partial charge < -0.3 is 14.2 Å². The highest BCUT2D eigenvalue weighted by Gasteiger charge is 2.21. The molecule has 0 saturated carbocycles. The maximum Gasteiger partial charge on any atom is 0.104 e. The summed E-state index contributed by atoms with van der Waals surface area (Å²) in [6.07, 6.45) is 3.64. The van der Waals surface area contributed by atoms with Crippen molar-refractivity contribution < 1.29 is 14.2 Å². The molecule has 20 heavy (non-hydrogen) atoms. The van der Waals surface area contributed by atoms with Crippen LogP contribution in [0.2, 0.25) is 0 Å². The van der Waals surface area contributed by atoms with Crippen LogP contribution in [-0.4, -0.2) is 52.2 Å². The van der Waals surface area contributed by atoms with E-state index in [2.05, 4.69) is 18.3 Å². The zero-order chi connectivity index (χ0) is 15.1. The van der Waals surface area contributed by atoms with Gasteiger partial charge >= 0.3 is 0 Å². The fourth-order valence-electron chi connectivity index (χ4n) is 1.72. The summed E-state index contributed by atoms with van der Waals surface area (Å²) in [6.45, 7) is 8.32. The van der Waals surface area contributed by atoms with Crippen molar-refractivity contribution >= 4 is 0 Å². The minimum atomic E-state index is -0.428. The Hall–Kier alpha value is -0.670. The lowest BCUT2D eigenvalue weighted by Gasteiger charge is -2.22. The zero-order valence-electron chi connectivity index (χ0n) is 13.2. The van der Waals surface area contributed by atoms with Gasteiger partial charge in [0.1, 0.15) is 5.54 Å². The first-order chi connectivity index (χ1) is 9.68. The second kappa shape index (κ2) is 13.3. The van der Waals surface area contributed by atoms with Crippen molar-refractivity contribution in [3.8, 4) is 6.07 Å². The summed E-state index contributed by atoms with van der Waals surface area (Å²) < 4.78 is 15.8. The summed E-state index contributed by atoms with van der Waals surface area (Å²) in [7, 11) is 1.66. The van der Waals surface area contributed by atoms with Gasteiger partial charge in [-0.1, -0.05) is 6.92 Å². The van der Waals surface area contributed by atoms with Crippen LogP contribution in [-0.2, 0) is 14.2 Å². The van der Waals surface area contributed by atoms with Crippen LogP contribution >= 0.6 is 0 Å². The topological polar surface area (TPSA) is 63.5 Å². The number of hydrogen-bond acceptors (Lipinski definition) is 5. The van der Waals surface area contributed by atoms with Gasteiger partial charge in [0.05, 0.1) is 19.3 Å². The predicted molar refractivity (Wildman–Crippen MR) is 79.7 cm³/mol. The minimum Gasteiger partial charge on any atom is -0.382 e. The molecule has 5 nitrogen and oxygen atoms in total. The number of hydrogen-bond donors (Lipinski definition) is 1. The monoisotopic (exact) mass is 286 g/mol. The van der Waals surface area contributed by atoms with Crippen molar-refractivity contribution in [3.05, 3.63) is 0 Å². The van der Waals surface area contributed by atoms with Crippen LogP contribution in [0, 0.1) is 11.3 Å². The van der Waals surface area contributed by atoms with E-state index in [1.807, 2.05) is 6.92 Å². The molecule has 0 amide bonds. The van der Waals surface area contributed by atoms with E-state index in [1.54, 1.807) is 7.11 Å². The fourth-order valence-corrected chi connectivity index (χ4v) is 1.72. The maximum atomic E-state index is 9.18. The summed E-state index contributed by atoms with van der Waals surface area (Å²) in [6, 6.07) is 2.35. The number of ether oxygens (including phenoxy) is 3. The van der Waals surface area contributed by atoms with E-state index >= 15 is 0 Å². The average molecular weight is 286 g/mol. The van der Waals surface area contributed by atoms with Gasteiger partial charge in [-0.15, -0.1) is 0 Å². The normalized spacial score (nSPS) is 13.9. The first kappa shape index (κ1) is 19.3. The highest BCUT2D eigenvalue weighted by atomic mass is 16.5. The van der Waals surface area contributed by atoms with Gasteiger partial charge in [0.15, 0.2) is 0 Å². The van der Waals surface area contributed by atoms with Crippen molar-refractivity contribution in [3.63, 3.8) is 0 Å². The molecule has 1 unspecified atom stereocenters. The number of methoxy groups -OCH3 is 1. The molecule has 0 aliphatic rings. The molecule has 5 heteroatoms. The van der Waals surface area contributed by atoms with E-state index in [0.717, 1.165) is 32.2 Å². The molecule has 0 saturated heterocycles. The highest BCUT2D eigenvalue weighted by molar-refractivity contribution is 5.03.